The van der Waals surface area contributed by atoms with Gasteiger partial charge in [-0.15, -0.1) is 0 Å². The molecule has 4 saturated carbocycles. The highest BCUT2D eigenvalue weighted by Gasteiger charge is 2.63. The van der Waals surface area contributed by atoms with Crippen molar-refractivity contribution < 1.29 is 9.50 Å². The van der Waals surface area contributed by atoms with E-state index < -0.39 is 6.17 Å². The van der Waals surface area contributed by atoms with Gasteiger partial charge in [-0.3, -0.25) is 0 Å². The van der Waals surface area contributed by atoms with E-state index in [-0.39, 0.29) is 17.4 Å². The lowest BCUT2D eigenvalue weighted by Crippen LogP contribution is -2.57. The Morgan fingerprint density at radius 3 is 2.31 bits per heavy atom. The van der Waals surface area contributed by atoms with Crippen LogP contribution in [-0.4, -0.2) is 17.4 Å². The number of halogens is 1. The maximum atomic E-state index is 15.7. The normalized spacial score (nSPS) is 50.7. The Hall–Kier alpha value is -0.110. The SMILES string of the molecule is CC(C)CCC[C@@H](C)[C@H]1CCC2C3C(CC[C@@]21C)[C@@]1(C)CC[C@H](O)CC1C[C@@H]3F. The summed E-state index contributed by atoms with van der Waals surface area (Å²) < 4.78 is 15.7. The molecule has 1 nitrogen and oxygen atoms in total. The van der Waals surface area contributed by atoms with E-state index in [1.165, 1.54) is 44.9 Å². The Morgan fingerprint density at radius 1 is 0.897 bits per heavy atom. The highest BCUT2D eigenvalue weighted by atomic mass is 19.1. The minimum atomic E-state index is -0.636. The summed E-state index contributed by atoms with van der Waals surface area (Å²) in [5.74, 6) is 4.23. The van der Waals surface area contributed by atoms with Gasteiger partial charge in [-0.25, -0.2) is 4.39 Å². The highest BCUT2D eigenvalue weighted by molar-refractivity contribution is 5.11. The van der Waals surface area contributed by atoms with E-state index in [2.05, 4.69) is 34.6 Å². The lowest BCUT2D eigenvalue weighted by Gasteiger charge is -2.62. The average molecular weight is 407 g/mol. The number of hydrogen-bond donors (Lipinski definition) is 1. The zero-order valence-corrected chi connectivity index (χ0v) is 19.8. The molecule has 4 aliphatic rings. The Bertz CT molecular complexity index is 575. The van der Waals surface area contributed by atoms with Gasteiger partial charge in [-0.1, -0.05) is 53.9 Å². The second kappa shape index (κ2) is 8.10. The summed E-state index contributed by atoms with van der Waals surface area (Å²) >= 11 is 0. The van der Waals surface area contributed by atoms with E-state index in [0.717, 1.165) is 43.4 Å². The topological polar surface area (TPSA) is 20.2 Å². The van der Waals surface area contributed by atoms with Crippen LogP contribution in [0.15, 0.2) is 0 Å². The fourth-order valence-electron chi connectivity index (χ4n) is 9.17. The summed E-state index contributed by atoms with van der Waals surface area (Å²) in [6.07, 6.45) is 12.0. The van der Waals surface area contributed by atoms with Crippen LogP contribution in [0, 0.1) is 52.3 Å². The summed E-state index contributed by atoms with van der Waals surface area (Å²) in [6, 6.07) is 0. The van der Waals surface area contributed by atoms with Crippen molar-refractivity contribution in [1.82, 2.24) is 0 Å². The molecule has 1 N–H and O–H groups in total. The third kappa shape index (κ3) is 3.72. The van der Waals surface area contributed by atoms with Crippen LogP contribution in [0.3, 0.4) is 0 Å². The smallest absolute Gasteiger partial charge is 0.104 e. The van der Waals surface area contributed by atoms with Crippen molar-refractivity contribution in [3.05, 3.63) is 0 Å². The number of alkyl halides is 1. The maximum Gasteiger partial charge on any atom is 0.104 e. The first-order valence-electron chi connectivity index (χ1n) is 13.0. The standard InChI is InChI=1S/C27H47FO/c1-17(2)7-6-8-18(3)21-9-10-22-25-23(12-14-27(21,22)5)26(4)13-11-20(29)15-19(26)16-24(25)28/h17-25,29H,6-16H2,1-5H3/t18-,19?,20+,21-,22?,23?,24+,25?,26+,27-/m1/s1. The second-order valence-corrected chi connectivity index (χ2v) is 12.7. The predicted molar refractivity (Wildman–Crippen MR) is 119 cm³/mol. The summed E-state index contributed by atoms with van der Waals surface area (Å²) in [4.78, 5) is 0. The molecule has 0 radical (unpaired) electrons. The van der Waals surface area contributed by atoms with Crippen molar-refractivity contribution in [1.29, 1.82) is 0 Å². The quantitative estimate of drug-likeness (QED) is 0.504. The molecule has 4 fully saturated rings. The van der Waals surface area contributed by atoms with Crippen LogP contribution >= 0.6 is 0 Å². The molecule has 0 aliphatic heterocycles. The molecule has 4 aliphatic carbocycles. The molecule has 168 valence electrons. The fourth-order valence-corrected chi connectivity index (χ4v) is 9.17. The molecule has 29 heavy (non-hydrogen) atoms. The lowest BCUT2D eigenvalue weighted by molar-refractivity contribution is -0.157. The van der Waals surface area contributed by atoms with Crippen LogP contribution in [0.1, 0.15) is 105 Å². The maximum absolute atomic E-state index is 15.7. The van der Waals surface area contributed by atoms with Crippen molar-refractivity contribution in [2.24, 2.45) is 52.3 Å². The Kier molecular flexibility index (Phi) is 6.17. The molecule has 10 atom stereocenters. The molecule has 0 bridgehead atoms. The van der Waals surface area contributed by atoms with Crippen LogP contribution in [0.5, 0.6) is 0 Å². The molecule has 0 aromatic rings. The number of aliphatic hydroxyl groups excluding tert-OH is 1. The van der Waals surface area contributed by atoms with Gasteiger partial charge in [0.15, 0.2) is 0 Å². The molecule has 0 amide bonds. The zero-order valence-electron chi connectivity index (χ0n) is 19.8. The van der Waals surface area contributed by atoms with Crippen LogP contribution in [0.25, 0.3) is 0 Å². The first-order chi connectivity index (χ1) is 13.7. The van der Waals surface area contributed by atoms with E-state index in [1.807, 2.05) is 0 Å². The van der Waals surface area contributed by atoms with Gasteiger partial charge >= 0.3 is 0 Å². The minimum absolute atomic E-state index is 0.187. The zero-order chi connectivity index (χ0) is 21.0. The van der Waals surface area contributed by atoms with Crippen LogP contribution in [-0.2, 0) is 0 Å². The Morgan fingerprint density at radius 2 is 1.59 bits per heavy atom. The van der Waals surface area contributed by atoms with Gasteiger partial charge in [0.1, 0.15) is 6.17 Å². The van der Waals surface area contributed by atoms with Crippen LogP contribution in [0.4, 0.5) is 4.39 Å². The first-order valence-corrected chi connectivity index (χ1v) is 13.0. The van der Waals surface area contributed by atoms with Gasteiger partial charge < -0.3 is 5.11 Å². The van der Waals surface area contributed by atoms with E-state index >= 15 is 4.39 Å². The van der Waals surface area contributed by atoms with Gasteiger partial charge in [-0.2, -0.15) is 0 Å². The van der Waals surface area contributed by atoms with Crippen LogP contribution in [0.2, 0.25) is 0 Å². The monoisotopic (exact) mass is 406 g/mol. The van der Waals surface area contributed by atoms with Crippen molar-refractivity contribution in [3.8, 4) is 0 Å². The van der Waals surface area contributed by atoms with E-state index in [0.29, 0.717) is 23.2 Å². The van der Waals surface area contributed by atoms with Gasteiger partial charge in [0.05, 0.1) is 6.10 Å². The van der Waals surface area contributed by atoms with Crippen molar-refractivity contribution >= 4 is 0 Å². The highest BCUT2D eigenvalue weighted by Crippen LogP contribution is 2.68. The molecule has 0 aromatic carbocycles. The van der Waals surface area contributed by atoms with Crippen molar-refractivity contribution in [2.75, 3.05) is 0 Å². The van der Waals surface area contributed by atoms with Crippen molar-refractivity contribution in [2.45, 2.75) is 118 Å². The second-order valence-electron chi connectivity index (χ2n) is 12.7. The number of fused-ring (bicyclic) bond motifs is 5. The van der Waals surface area contributed by atoms with Gasteiger partial charge in [0, 0.05) is 0 Å². The lowest BCUT2D eigenvalue weighted by atomic mass is 9.44. The third-order valence-electron chi connectivity index (χ3n) is 10.8. The summed E-state index contributed by atoms with van der Waals surface area (Å²) in [7, 11) is 0. The predicted octanol–water partition coefficient (Wildman–Crippen LogP) is 7.42. The van der Waals surface area contributed by atoms with E-state index in [1.54, 1.807) is 0 Å². The molecule has 0 spiro atoms. The fraction of sp³-hybridized carbons (Fsp3) is 1.00. The van der Waals surface area contributed by atoms with Gasteiger partial charge in [0.2, 0.25) is 0 Å². The van der Waals surface area contributed by atoms with Crippen LogP contribution < -0.4 is 0 Å². The molecular formula is C27H47FO. The van der Waals surface area contributed by atoms with Gasteiger partial charge in [0.25, 0.3) is 0 Å². The van der Waals surface area contributed by atoms with Crippen molar-refractivity contribution in [3.63, 3.8) is 0 Å². The van der Waals surface area contributed by atoms with Gasteiger partial charge in [-0.05, 0) is 104 Å². The Balaban J connectivity index is 1.50. The van der Waals surface area contributed by atoms with E-state index in [9.17, 15) is 5.11 Å². The third-order valence-corrected chi connectivity index (χ3v) is 10.8. The molecule has 0 saturated heterocycles. The molecule has 4 unspecified atom stereocenters. The first kappa shape index (κ1) is 22.1. The Labute approximate surface area is 179 Å². The summed E-state index contributed by atoms with van der Waals surface area (Å²) in [5, 5.41) is 10.2. The number of hydrogen-bond acceptors (Lipinski definition) is 1. The molecule has 4 rings (SSSR count). The largest absolute Gasteiger partial charge is 0.393 e. The van der Waals surface area contributed by atoms with E-state index in [4.69, 9.17) is 0 Å². The summed E-state index contributed by atoms with van der Waals surface area (Å²) in [5.41, 5.74) is 0.634. The number of rotatable bonds is 5. The molecule has 0 heterocycles. The molecular weight excluding hydrogens is 359 g/mol. The number of aliphatic hydroxyl groups is 1. The summed E-state index contributed by atoms with van der Waals surface area (Å²) in [6.45, 7) is 12.2. The minimum Gasteiger partial charge on any atom is -0.393 e. The molecule has 2 heteroatoms. The molecule has 0 aromatic heterocycles. The average Bonchev–Trinajstić information content (AvgIpc) is 3.00.